The number of aryl methyl sites for hydroxylation is 1. The van der Waals surface area contributed by atoms with Gasteiger partial charge in [0.1, 0.15) is 0 Å². The van der Waals surface area contributed by atoms with Gasteiger partial charge in [0.15, 0.2) is 0 Å². The Balaban J connectivity index is 1.86. The summed E-state index contributed by atoms with van der Waals surface area (Å²) in [5.74, 6) is 0. The third-order valence-corrected chi connectivity index (χ3v) is 4.89. The summed E-state index contributed by atoms with van der Waals surface area (Å²) in [6.45, 7) is 1.21. The predicted molar refractivity (Wildman–Crippen MR) is 101 cm³/mol. The van der Waals surface area contributed by atoms with Gasteiger partial charge in [-0.1, -0.05) is 54.6 Å². The molecule has 1 heteroatoms. The van der Waals surface area contributed by atoms with Crippen molar-refractivity contribution in [3.63, 3.8) is 0 Å². The van der Waals surface area contributed by atoms with Gasteiger partial charge in [0.05, 0.1) is 27.7 Å². The predicted octanol–water partition coefficient (Wildman–Crippen LogP) is 5.22. The maximum Gasteiger partial charge on any atom is 0.0783 e. The second kappa shape index (κ2) is 5.21. The average Bonchev–Trinajstić information content (AvgIpc) is 2.52. The van der Waals surface area contributed by atoms with Crippen LogP contribution in [0.1, 0.15) is 12.0 Å². The van der Waals surface area contributed by atoms with Crippen molar-refractivity contribution >= 4 is 32.3 Å². The number of hydrogen-bond acceptors (Lipinski definition) is 0. The SMILES string of the molecule is C[N+](C)(C)CCCc1ccc2ccc3cccc4ccc1c2c34. The fourth-order valence-corrected chi connectivity index (χ4v) is 3.76. The van der Waals surface area contributed by atoms with E-state index in [1.165, 1.54) is 50.8 Å². The summed E-state index contributed by atoms with van der Waals surface area (Å²) in [6, 6.07) is 20.4. The summed E-state index contributed by atoms with van der Waals surface area (Å²) < 4.78 is 1.03. The third-order valence-electron chi connectivity index (χ3n) is 4.89. The first-order valence-electron chi connectivity index (χ1n) is 8.49. The van der Waals surface area contributed by atoms with Gasteiger partial charge >= 0.3 is 0 Å². The van der Waals surface area contributed by atoms with E-state index in [0.717, 1.165) is 10.9 Å². The molecule has 0 aliphatic rings. The summed E-state index contributed by atoms with van der Waals surface area (Å²) in [6.07, 6.45) is 2.39. The monoisotopic (exact) mass is 302 g/mol. The van der Waals surface area contributed by atoms with Crippen LogP contribution in [-0.4, -0.2) is 32.2 Å². The molecule has 4 aromatic carbocycles. The number of quaternary nitrogens is 1. The van der Waals surface area contributed by atoms with Crippen molar-refractivity contribution in [2.75, 3.05) is 27.7 Å². The van der Waals surface area contributed by atoms with E-state index in [1.807, 2.05) is 0 Å². The van der Waals surface area contributed by atoms with Gasteiger partial charge < -0.3 is 4.48 Å². The fraction of sp³-hybridized carbons (Fsp3) is 0.273. The van der Waals surface area contributed by atoms with Crippen LogP contribution in [0.4, 0.5) is 0 Å². The number of rotatable bonds is 4. The van der Waals surface area contributed by atoms with Gasteiger partial charge in [0.2, 0.25) is 0 Å². The molecule has 0 aliphatic heterocycles. The third kappa shape index (κ3) is 2.55. The van der Waals surface area contributed by atoms with Crippen molar-refractivity contribution in [1.82, 2.24) is 0 Å². The van der Waals surface area contributed by atoms with Crippen LogP contribution in [-0.2, 0) is 6.42 Å². The Morgan fingerprint density at radius 2 is 1.30 bits per heavy atom. The highest BCUT2D eigenvalue weighted by molar-refractivity contribution is 6.23. The van der Waals surface area contributed by atoms with Crippen LogP contribution in [0, 0.1) is 0 Å². The molecule has 23 heavy (non-hydrogen) atoms. The molecule has 0 heterocycles. The molecule has 0 aromatic heterocycles. The van der Waals surface area contributed by atoms with Crippen LogP contribution < -0.4 is 0 Å². The topological polar surface area (TPSA) is 0 Å². The second-order valence-electron chi connectivity index (χ2n) is 7.70. The van der Waals surface area contributed by atoms with Crippen molar-refractivity contribution in [2.45, 2.75) is 12.8 Å². The Kier molecular flexibility index (Phi) is 3.28. The molecule has 0 N–H and O–H groups in total. The first-order valence-corrected chi connectivity index (χ1v) is 8.49. The van der Waals surface area contributed by atoms with Crippen LogP contribution >= 0.6 is 0 Å². The van der Waals surface area contributed by atoms with E-state index in [-0.39, 0.29) is 0 Å². The van der Waals surface area contributed by atoms with E-state index in [0.29, 0.717) is 0 Å². The Labute approximate surface area is 138 Å². The van der Waals surface area contributed by atoms with Gasteiger partial charge in [0, 0.05) is 6.42 Å². The molecule has 116 valence electrons. The quantitative estimate of drug-likeness (QED) is 0.358. The molecule has 0 amide bonds. The van der Waals surface area contributed by atoms with E-state index in [1.54, 1.807) is 0 Å². The highest BCUT2D eigenvalue weighted by Gasteiger charge is 2.12. The molecule has 1 nitrogen and oxygen atoms in total. The van der Waals surface area contributed by atoms with Crippen LogP contribution in [0.2, 0.25) is 0 Å². The molecule has 0 bridgehead atoms. The average molecular weight is 302 g/mol. The van der Waals surface area contributed by atoms with E-state index >= 15 is 0 Å². The van der Waals surface area contributed by atoms with E-state index < -0.39 is 0 Å². The highest BCUT2D eigenvalue weighted by Crippen LogP contribution is 2.36. The smallest absolute Gasteiger partial charge is 0.0783 e. The zero-order valence-electron chi connectivity index (χ0n) is 14.3. The lowest BCUT2D eigenvalue weighted by atomic mass is 9.91. The number of nitrogens with zero attached hydrogens (tertiary/aromatic N) is 1. The Morgan fingerprint density at radius 1 is 0.696 bits per heavy atom. The molecule has 0 radical (unpaired) electrons. The van der Waals surface area contributed by atoms with Crippen molar-refractivity contribution < 1.29 is 4.48 Å². The molecule has 0 unspecified atom stereocenters. The van der Waals surface area contributed by atoms with E-state index in [4.69, 9.17) is 0 Å². The molecule has 4 aromatic rings. The lowest BCUT2D eigenvalue weighted by Crippen LogP contribution is -2.35. The minimum absolute atomic E-state index is 1.03. The zero-order chi connectivity index (χ0) is 16.0. The van der Waals surface area contributed by atoms with Gasteiger partial charge in [-0.25, -0.2) is 0 Å². The lowest BCUT2D eigenvalue weighted by Gasteiger charge is -2.24. The normalized spacial score (nSPS) is 12.7. The molecule has 0 aliphatic carbocycles. The molecular formula is C22H24N+. The Bertz CT molecular complexity index is 960. The molecule has 0 atom stereocenters. The summed E-state index contributed by atoms with van der Waals surface area (Å²) >= 11 is 0. The maximum absolute atomic E-state index is 2.33. The van der Waals surface area contributed by atoms with Gasteiger partial charge in [0.25, 0.3) is 0 Å². The van der Waals surface area contributed by atoms with Crippen LogP contribution in [0.25, 0.3) is 32.3 Å². The molecule has 4 rings (SSSR count). The molecule has 0 spiro atoms. The standard InChI is InChI=1S/C22H24N/c1-23(2,3)15-5-8-16-9-10-19-12-11-17-6-4-7-18-13-14-20(16)22(19)21(17)18/h4,6-7,9-14H,5,8,15H2,1-3H3/q+1. The minimum Gasteiger partial charge on any atom is -0.331 e. The Morgan fingerprint density at radius 3 is 2.00 bits per heavy atom. The minimum atomic E-state index is 1.03. The number of benzene rings is 4. The summed E-state index contributed by atoms with van der Waals surface area (Å²) in [7, 11) is 6.80. The van der Waals surface area contributed by atoms with Crippen LogP contribution in [0.5, 0.6) is 0 Å². The molecule has 0 saturated heterocycles. The first-order chi connectivity index (χ1) is 11.0. The van der Waals surface area contributed by atoms with Gasteiger partial charge in [-0.3, -0.25) is 0 Å². The first kappa shape index (κ1) is 14.5. The van der Waals surface area contributed by atoms with Gasteiger partial charge in [-0.15, -0.1) is 0 Å². The summed E-state index contributed by atoms with van der Waals surface area (Å²) in [5.41, 5.74) is 1.49. The van der Waals surface area contributed by atoms with Crippen molar-refractivity contribution in [2.24, 2.45) is 0 Å². The van der Waals surface area contributed by atoms with Crippen molar-refractivity contribution in [1.29, 1.82) is 0 Å². The largest absolute Gasteiger partial charge is 0.331 e. The highest BCUT2D eigenvalue weighted by atomic mass is 15.3. The second-order valence-corrected chi connectivity index (χ2v) is 7.70. The van der Waals surface area contributed by atoms with Crippen molar-refractivity contribution in [3.05, 3.63) is 60.2 Å². The number of hydrogen-bond donors (Lipinski definition) is 0. The zero-order valence-corrected chi connectivity index (χ0v) is 14.3. The van der Waals surface area contributed by atoms with E-state index in [2.05, 4.69) is 75.7 Å². The van der Waals surface area contributed by atoms with Crippen LogP contribution in [0.15, 0.2) is 54.6 Å². The molecule has 0 saturated carbocycles. The lowest BCUT2D eigenvalue weighted by molar-refractivity contribution is -0.870. The summed E-state index contributed by atoms with van der Waals surface area (Å²) in [5, 5.41) is 8.38. The van der Waals surface area contributed by atoms with Gasteiger partial charge in [-0.2, -0.15) is 0 Å². The molecule has 0 fully saturated rings. The summed E-state index contributed by atoms with van der Waals surface area (Å²) in [4.78, 5) is 0. The Hall–Kier alpha value is -2.12. The molecular weight excluding hydrogens is 278 g/mol. The van der Waals surface area contributed by atoms with Gasteiger partial charge in [-0.05, 0) is 44.3 Å². The van der Waals surface area contributed by atoms with E-state index in [9.17, 15) is 0 Å². The van der Waals surface area contributed by atoms with Crippen molar-refractivity contribution in [3.8, 4) is 0 Å². The maximum atomic E-state index is 2.33. The van der Waals surface area contributed by atoms with Crippen LogP contribution in [0.3, 0.4) is 0 Å². The fourth-order valence-electron chi connectivity index (χ4n) is 3.76.